The molecule has 0 aromatic heterocycles. The Labute approximate surface area is 133 Å². The average molecular weight is 324 g/mol. The molecule has 6 heteroatoms. The monoisotopic (exact) mass is 324 g/mol. The zero-order valence-corrected chi connectivity index (χ0v) is 14.5. The summed E-state index contributed by atoms with van der Waals surface area (Å²) in [6, 6.07) is 5.47. The number of nitrogens with zero attached hydrogens (tertiary/aromatic N) is 2. The third-order valence-corrected chi connectivity index (χ3v) is 6.14. The van der Waals surface area contributed by atoms with Crippen LogP contribution in [0.15, 0.2) is 18.2 Å². The van der Waals surface area contributed by atoms with Gasteiger partial charge in [0, 0.05) is 25.2 Å². The zero-order valence-electron chi connectivity index (χ0n) is 13.7. The molecule has 1 unspecified atom stereocenters. The first-order chi connectivity index (χ1) is 10.3. The number of carbonyl (C=O) groups is 1. The van der Waals surface area contributed by atoms with Gasteiger partial charge >= 0.3 is 0 Å². The van der Waals surface area contributed by atoms with Crippen LogP contribution in [0.4, 0.5) is 5.69 Å². The van der Waals surface area contributed by atoms with Gasteiger partial charge in [-0.1, -0.05) is 6.92 Å². The largest absolute Gasteiger partial charge is 0.339 e. The van der Waals surface area contributed by atoms with Gasteiger partial charge in [-0.05, 0) is 50.5 Å². The Morgan fingerprint density at radius 3 is 2.59 bits per heavy atom. The topological polar surface area (TPSA) is 57.7 Å². The second-order valence-electron chi connectivity index (χ2n) is 5.97. The fourth-order valence-corrected chi connectivity index (χ4v) is 4.19. The fraction of sp³-hybridized carbons (Fsp3) is 0.562. The number of carbonyl (C=O) groups excluding carboxylic acids is 1. The molecule has 2 rings (SSSR count). The molecule has 5 nitrogen and oxygen atoms in total. The number of amides is 1. The van der Waals surface area contributed by atoms with Crippen molar-refractivity contribution in [3.05, 3.63) is 29.3 Å². The second-order valence-corrected chi connectivity index (χ2v) is 7.99. The van der Waals surface area contributed by atoms with Gasteiger partial charge in [0.15, 0.2) is 0 Å². The van der Waals surface area contributed by atoms with E-state index in [9.17, 15) is 13.2 Å². The summed E-state index contributed by atoms with van der Waals surface area (Å²) in [5, 5.41) is 0. The molecule has 0 N–H and O–H groups in total. The zero-order chi connectivity index (χ0) is 16.5. The maximum Gasteiger partial charge on any atom is 0.253 e. The van der Waals surface area contributed by atoms with Crippen molar-refractivity contribution in [1.29, 1.82) is 0 Å². The van der Waals surface area contributed by atoms with Gasteiger partial charge in [0.2, 0.25) is 10.0 Å². The number of hydrogen-bond donors (Lipinski definition) is 0. The number of benzene rings is 1. The fourth-order valence-electron chi connectivity index (χ4n) is 2.64. The van der Waals surface area contributed by atoms with Crippen molar-refractivity contribution in [3.63, 3.8) is 0 Å². The van der Waals surface area contributed by atoms with E-state index in [1.165, 1.54) is 4.31 Å². The molecule has 0 radical (unpaired) electrons. The Bertz CT molecular complexity index is 670. The molecule has 1 aliphatic heterocycles. The molecule has 122 valence electrons. The third-order valence-electron chi connectivity index (χ3n) is 4.27. The molecule has 0 saturated carbocycles. The van der Waals surface area contributed by atoms with E-state index in [4.69, 9.17) is 0 Å². The summed E-state index contributed by atoms with van der Waals surface area (Å²) in [6.07, 6.45) is 1.51. The lowest BCUT2D eigenvalue weighted by Gasteiger charge is -2.25. The first kappa shape index (κ1) is 16.8. The number of hydrogen-bond acceptors (Lipinski definition) is 3. The average Bonchev–Trinajstić information content (AvgIpc) is 2.83. The van der Waals surface area contributed by atoms with Gasteiger partial charge in [0.1, 0.15) is 0 Å². The number of aryl methyl sites for hydroxylation is 1. The predicted octanol–water partition coefficient (Wildman–Crippen LogP) is 2.41. The summed E-state index contributed by atoms with van der Waals surface area (Å²) in [4.78, 5) is 14.3. The Morgan fingerprint density at radius 2 is 2.05 bits per heavy atom. The van der Waals surface area contributed by atoms with Gasteiger partial charge in [0.05, 0.1) is 11.4 Å². The Kier molecular flexibility index (Phi) is 4.80. The first-order valence-corrected chi connectivity index (χ1v) is 9.26. The molecule has 1 aromatic carbocycles. The predicted molar refractivity (Wildman–Crippen MR) is 88.8 cm³/mol. The molecular weight excluding hydrogens is 300 g/mol. The highest BCUT2D eigenvalue weighted by molar-refractivity contribution is 7.93. The maximum absolute atomic E-state index is 12.6. The second kappa shape index (κ2) is 6.28. The summed E-state index contributed by atoms with van der Waals surface area (Å²) < 4.78 is 25.6. The normalized spacial score (nSPS) is 18.3. The molecule has 0 spiro atoms. The van der Waals surface area contributed by atoms with Crippen LogP contribution in [0.3, 0.4) is 0 Å². The first-order valence-electron chi connectivity index (χ1n) is 7.65. The van der Waals surface area contributed by atoms with Crippen molar-refractivity contribution in [2.45, 2.75) is 39.7 Å². The van der Waals surface area contributed by atoms with Crippen molar-refractivity contribution in [2.75, 3.05) is 23.7 Å². The van der Waals surface area contributed by atoms with E-state index in [0.717, 1.165) is 12.0 Å². The van der Waals surface area contributed by atoms with Crippen molar-refractivity contribution < 1.29 is 13.2 Å². The highest BCUT2D eigenvalue weighted by Crippen LogP contribution is 2.27. The van der Waals surface area contributed by atoms with Crippen molar-refractivity contribution in [1.82, 2.24) is 4.90 Å². The molecule has 0 bridgehead atoms. The SMILES string of the molecule is CCC(C)N(C)C(=O)c1cc(C)cc(N2CCCS2(=O)=O)c1. The standard InChI is InChI=1S/C16H24N2O3S/c1-5-13(3)17(4)16(19)14-9-12(2)10-15(11-14)18-7-6-8-22(18,20)21/h9-11,13H,5-8H2,1-4H3. The van der Waals surface area contributed by atoms with Crippen molar-refractivity contribution in [2.24, 2.45) is 0 Å². The van der Waals surface area contributed by atoms with E-state index in [2.05, 4.69) is 0 Å². The smallest absolute Gasteiger partial charge is 0.253 e. The number of anilines is 1. The van der Waals surface area contributed by atoms with Gasteiger partial charge in [-0.2, -0.15) is 0 Å². The van der Waals surface area contributed by atoms with Gasteiger partial charge in [-0.25, -0.2) is 8.42 Å². The van der Waals surface area contributed by atoms with Crippen LogP contribution in [0, 0.1) is 6.92 Å². The molecule has 1 fully saturated rings. The number of sulfonamides is 1. The highest BCUT2D eigenvalue weighted by atomic mass is 32.2. The van der Waals surface area contributed by atoms with Gasteiger partial charge < -0.3 is 4.90 Å². The molecule has 1 heterocycles. The van der Waals surface area contributed by atoms with Crippen molar-refractivity contribution in [3.8, 4) is 0 Å². The highest BCUT2D eigenvalue weighted by Gasteiger charge is 2.29. The summed E-state index contributed by atoms with van der Waals surface area (Å²) >= 11 is 0. The van der Waals surface area contributed by atoms with E-state index >= 15 is 0 Å². The lowest BCUT2D eigenvalue weighted by atomic mass is 10.1. The van der Waals surface area contributed by atoms with Crippen molar-refractivity contribution >= 4 is 21.6 Å². The van der Waals surface area contributed by atoms with E-state index < -0.39 is 10.0 Å². The Hall–Kier alpha value is -1.56. The van der Waals surface area contributed by atoms with E-state index in [0.29, 0.717) is 24.2 Å². The summed E-state index contributed by atoms with van der Waals surface area (Å²) in [5.41, 5.74) is 2.03. The summed E-state index contributed by atoms with van der Waals surface area (Å²) in [6.45, 7) is 6.40. The molecule has 1 atom stereocenters. The van der Waals surface area contributed by atoms with Crippen LogP contribution in [-0.2, 0) is 10.0 Å². The van der Waals surface area contributed by atoms with E-state index in [-0.39, 0.29) is 17.7 Å². The minimum atomic E-state index is -3.23. The Balaban J connectivity index is 2.37. The van der Waals surface area contributed by atoms with E-state index in [1.807, 2.05) is 32.9 Å². The van der Waals surface area contributed by atoms with Crippen LogP contribution in [-0.4, -0.2) is 44.6 Å². The van der Waals surface area contributed by atoms with E-state index in [1.54, 1.807) is 18.0 Å². The van der Waals surface area contributed by atoms with Crippen LogP contribution in [0.5, 0.6) is 0 Å². The molecule has 1 saturated heterocycles. The van der Waals surface area contributed by atoms with Gasteiger partial charge in [-0.15, -0.1) is 0 Å². The molecular formula is C16H24N2O3S. The summed E-state index contributed by atoms with van der Waals surface area (Å²) in [7, 11) is -1.45. The summed E-state index contributed by atoms with van der Waals surface area (Å²) in [5.74, 6) is 0.104. The van der Waals surface area contributed by atoms with Crippen LogP contribution < -0.4 is 4.31 Å². The minimum Gasteiger partial charge on any atom is -0.339 e. The number of rotatable bonds is 4. The van der Waals surface area contributed by atoms with Gasteiger partial charge in [-0.3, -0.25) is 9.10 Å². The maximum atomic E-state index is 12.6. The molecule has 1 aromatic rings. The minimum absolute atomic E-state index is 0.0732. The molecule has 1 amide bonds. The Morgan fingerprint density at radius 1 is 1.36 bits per heavy atom. The van der Waals surface area contributed by atoms with Crippen LogP contribution >= 0.6 is 0 Å². The molecule has 0 aliphatic carbocycles. The van der Waals surface area contributed by atoms with Crippen LogP contribution in [0.2, 0.25) is 0 Å². The molecule has 22 heavy (non-hydrogen) atoms. The van der Waals surface area contributed by atoms with Gasteiger partial charge in [0.25, 0.3) is 5.91 Å². The molecule has 1 aliphatic rings. The third kappa shape index (κ3) is 3.27. The lowest BCUT2D eigenvalue weighted by Crippen LogP contribution is -2.34. The quantitative estimate of drug-likeness (QED) is 0.854. The lowest BCUT2D eigenvalue weighted by molar-refractivity contribution is 0.0740. The van der Waals surface area contributed by atoms with Crippen LogP contribution in [0.25, 0.3) is 0 Å². The van der Waals surface area contributed by atoms with Crippen LogP contribution in [0.1, 0.15) is 42.6 Å².